The van der Waals surface area contributed by atoms with Crippen LogP contribution in [-0.4, -0.2) is 36.0 Å². The first-order chi connectivity index (χ1) is 18.5. The highest BCUT2D eigenvalue weighted by Crippen LogP contribution is 2.25. The topological polar surface area (TPSA) is 109 Å². The Morgan fingerprint density at radius 3 is 2.50 bits per heavy atom. The van der Waals surface area contributed by atoms with Gasteiger partial charge in [-0.3, -0.25) is 19.9 Å². The van der Waals surface area contributed by atoms with E-state index in [1.807, 2.05) is 60.7 Å². The molecule has 3 aromatic carbocycles. The molecule has 0 aliphatic carbocycles. The van der Waals surface area contributed by atoms with Gasteiger partial charge >= 0.3 is 6.09 Å². The minimum atomic E-state index is -0.569. The number of hydrogen-bond acceptors (Lipinski definition) is 5. The van der Waals surface area contributed by atoms with E-state index in [4.69, 9.17) is 4.74 Å². The zero-order valence-electron chi connectivity index (χ0n) is 20.6. The first kappa shape index (κ1) is 26.8. The molecule has 1 heterocycles. The highest BCUT2D eigenvalue weighted by molar-refractivity contribution is 9.10. The number of pyridine rings is 1. The van der Waals surface area contributed by atoms with Crippen molar-refractivity contribution in [1.29, 1.82) is 0 Å². The molecule has 3 amide bonds. The van der Waals surface area contributed by atoms with Gasteiger partial charge in [0.25, 0.3) is 5.91 Å². The van der Waals surface area contributed by atoms with E-state index in [1.165, 1.54) is 0 Å². The minimum absolute atomic E-state index is 0.0704. The van der Waals surface area contributed by atoms with Crippen LogP contribution in [0.5, 0.6) is 0 Å². The summed E-state index contributed by atoms with van der Waals surface area (Å²) in [5.74, 6) is -0.396. The first-order valence-corrected chi connectivity index (χ1v) is 13.0. The Kier molecular flexibility index (Phi) is 9.42. The number of amides is 3. The van der Waals surface area contributed by atoms with Crippen LogP contribution in [0.15, 0.2) is 89.5 Å². The third-order valence-electron chi connectivity index (χ3n) is 5.73. The highest BCUT2D eigenvalue weighted by atomic mass is 79.9. The number of rotatable bonds is 10. The van der Waals surface area contributed by atoms with Gasteiger partial charge in [-0.2, -0.15) is 0 Å². The van der Waals surface area contributed by atoms with Crippen LogP contribution in [0.3, 0.4) is 0 Å². The number of benzene rings is 3. The van der Waals surface area contributed by atoms with Crippen molar-refractivity contribution in [2.45, 2.75) is 19.3 Å². The molecule has 3 N–H and O–H groups in total. The molecule has 0 unspecified atom stereocenters. The second kappa shape index (κ2) is 13.3. The summed E-state index contributed by atoms with van der Waals surface area (Å²) in [5.41, 5.74) is 2.69. The predicted octanol–water partition coefficient (Wildman–Crippen LogP) is 5.94. The fraction of sp³-hybridized carbons (Fsp3) is 0.172. The van der Waals surface area contributed by atoms with Gasteiger partial charge in [0.15, 0.2) is 0 Å². The first-order valence-electron chi connectivity index (χ1n) is 12.2. The lowest BCUT2D eigenvalue weighted by atomic mass is 10.1. The summed E-state index contributed by atoms with van der Waals surface area (Å²) in [4.78, 5) is 40.7. The van der Waals surface area contributed by atoms with Crippen LogP contribution in [0.2, 0.25) is 0 Å². The van der Waals surface area contributed by atoms with Gasteiger partial charge in [-0.25, -0.2) is 4.79 Å². The lowest BCUT2D eigenvalue weighted by Gasteiger charge is -2.10. The molecule has 1 aromatic heterocycles. The van der Waals surface area contributed by atoms with E-state index in [0.29, 0.717) is 36.3 Å². The van der Waals surface area contributed by atoms with E-state index in [0.717, 1.165) is 20.8 Å². The van der Waals surface area contributed by atoms with Crippen molar-refractivity contribution < 1.29 is 19.1 Å². The van der Waals surface area contributed by atoms with Crippen molar-refractivity contribution >= 4 is 56.0 Å². The molecule has 9 heteroatoms. The maximum absolute atomic E-state index is 12.3. The normalized spacial score (nSPS) is 10.6. The van der Waals surface area contributed by atoms with Crippen LogP contribution in [0, 0.1) is 0 Å². The zero-order chi connectivity index (χ0) is 26.7. The quantitative estimate of drug-likeness (QED) is 0.203. The summed E-state index contributed by atoms with van der Waals surface area (Å²) in [6.07, 6.45) is 2.70. The number of aryl methyl sites for hydroxylation is 1. The average Bonchev–Trinajstić information content (AvgIpc) is 2.93. The van der Waals surface area contributed by atoms with Crippen LogP contribution in [0.1, 0.15) is 28.9 Å². The lowest BCUT2D eigenvalue weighted by Crippen LogP contribution is -2.28. The fourth-order valence-electron chi connectivity index (χ4n) is 3.86. The van der Waals surface area contributed by atoms with Crippen molar-refractivity contribution in [3.8, 4) is 0 Å². The van der Waals surface area contributed by atoms with Gasteiger partial charge in [-0.05, 0) is 70.1 Å². The Labute approximate surface area is 228 Å². The standard InChI is InChI=1S/C29H27BrN4O4/c30-23-19-20(14-15-25(23)33-28(36)26-11-3-4-16-31-26)7-5-13-27(35)32-17-18-38-29(37)34-24-12-6-9-21-8-1-2-10-22(21)24/h1-4,6,8-12,14-16,19H,5,7,13,17-18H2,(H,32,35)(H,33,36)(H,34,37). The molecule has 0 atom stereocenters. The van der Waals surface area contributed by atoms with Crippen LogP contribution < -0.4 is 16.0 Å². The number of aromatic nitrogens is 1. The average molecular weight is 575 g/mol. The molecule has 38 heavy (non-hydrogen) atoms. The van der Waals surface area contributed by atoms with Gasteiger partial charge in [0.1, 0.15) is 12.3 Å². The van der Waals surface area contributed by atoms with E-state index in [-0.39, 0.29) is 25.0 Å². The molecule has 0 aliphatic rings. The Balaban J connectivity index is 1.13. The van der Waals surface area contributed by atoms with Crippen LogP contribution in [0.25, 0.3) is 10.8 Å². The molecule has 4 aromatic rings. The van der Waals surface area contributed by atoms with Crippen LogP contribution >= 0.6 is 15.9 Å². The molecule has 0 radical (unpaired) electrons. The van der Waals surface area contributed by atoms with E-state index in [2.05, 4.69) is 36.9 Å². The van der Waals surface area contributed by atoms with Gasteiger partial charge in [0.2, 0.25) is 5.91 Å². The number of nitrogens with one attached hydrogen (secondary N) is 3. The van der Waals surface area contributed by atoms with Gasteiger partial charge in [-0.1, -0.05) is 48.5 Å². The second-order valence-electron chi connectivity index (χ2n) is 8.47. The fourth-order valence-corrected chi connectivity index (χ4v) is 4.38. The van der Waals surface area contributed by atoms with Crippen molar-refractivity contribution in [2.24, 2.45) is 0 Å². The summed E-state index contributed by atoms with van der Waals surface area (Å²) in [6, 6.07) is 24.2. The number of fused-ring (bicyclic) bond motifs is 1. The zero-order valence-corrected chi connectivity index (χ0v) is 22.2. The summed E-state index contributed by atoms with van der Waals surface area (Å²) in [6.45, 7) is 0.305. The molecule has 8 nitrogen and oxygen atoms in total. The Morgan fingerprint density at radius 2 is 1.68 bits per heavy atom. The number of nitrogens with zero attached hydrogens (tertiary/aromatic N) is 1. The smallest absolute Gasteiger partial charge is 0.411 e. The SMILES string of the molecule is O=C(CCCc1ccc(NC(=O)c2ccccn2)c(Br)c1)NCCOC(=O)Nc1cccc2ccccc12. The van der Waals surface area contributed by atoms with Crippen LogP contribution in [-0.2, 0) is 16.0 Å². The maximum Gasteiger partial charge on any atom is 0.411 e. The molecule has 0 fully saturated rings. The lowest BCUT2D eigenvalue weighted by molar-refractivity contribution is -0.121. The van der Waals surface area contributed by atoms with Gasteiger partial charge in [0, 0.05) is 22.5 Å². The maximum atomic E-state index is 12.3. The predicted molar refractivity (Wildman–Crippen MR) is 151 cm³/mol. The number of carbonyl (C=O) groups excluding carboxylic acids is 3. The van der Waals surface area contributed by atoms with Crippen molar-refractivity contribution in [3.05, 3.63) is 101 Å². The Bertz CT molecular complexity index is 1420. The van der Waals surface area contributed by atoms with Gasteiger partial charge < -0.3 is 15.4 Å². The molecule has 0 aliphatic heterocycles. The third kappa shape index (κ3) is 7.63. The number of hydrogen-bond donors (Lipinski definition) is 3. The van der Waals surface area contributed by atoms with E-state index < -0.39 is 6.09 Å². The molecule has 4 rings (SSSR count). The summed E-state index contributed by atoms with van der Waals surface area (Å²) < 4.78 is 5.95. The molecule has 0 spiro atoms. The van der Waals surface area contributed by atoms with Gasteiger partial charge in [-0.15, -0.1) is 0 Å². The second-order valence-corrected chi connectivity index (χ2v) is 9.33. The monoisotopic (exact) mass is 574 g/mol. The number of ether oxygens (including phenoxy) is 1. The molecule has 0 saturated heterocycles. The number of carbonyl (C=O) groups is 3. The van der Waals surface area contributed by atoms with E-state index in [1.54, 1.807) is 24.4 Å². The van der Waals surface area contributed by atoms with Crippen LogP contribution in [0.4, 0.5) is 16.2 Å². The summed E-state index contributed by atoms with van der Waals surface area (Å²) in [5, 5.41) is 10.3. The number of halogens is 1. The van der Waals surface area contributed by atoms with Crippen molar-refractivity contribution in [3.63, 3.8) is 0 Å². The molecule has 194 valence electrons. The Morgan fingerprint density at radius 1 is 0.868 bits per heavy atom. The van der Waals surface area contributed by atoms with Crippen molar-refractivity contribution in [2.75, 3.05) is 23.8 Å². The van der Waals surface area contributed by atoms with E-state index in [9.17, 15) is 14.4 Å². The molecule has 0 bridgehead atoms. The molecular formula is C29H27BrN4O4. The van der Waals surface area contributed by atoms with E-state index >= 15 is 0 Å². The minimum Gasteiger partial charge on any atom is -0.447 e. The van der Waals surface area contributed by atoms with Crippen molar-refractivity contribution in [1.82, 2.24) is 10.3 Å². The molecule has 0 saturated carbocycles. The summed E-state index contributed by atoms with van der Waals surface area (Å²) >= 11 is 3.49. The summed E-state index contributed by atoms with van der Waals surface area (Å²) in [7, 11) is 0. The third-order valence-corrected chi connectivity index (χ3v) is 6.39. The highest BCUT2D eigenvalue weighted by Gasteiger charge is 2.10. The largest absolute Gasteiger partial charge is 0.447 e. The molecular weight excluding hydrogens is 548 g/mol. The van der Waals surface area contributed by atoms with Gasteiger partial charge in [0.05, 0.1) is 17.9 Å². The Hall–Kier alpha value is -4.24. The number of anilines is 2.